The Bertz CT molecular complexity index is 1300. The fraction of sp³-hybridized carbons (Fsp3) is 0.333. The third-order valence-corrected chi connectivity index (χ3v) is 7.04. The molecule has 1 aliphatic heterocycles. The van der Waals surface area contributed by atoms with Gasteiger partial charge in [-0.2, -0.15) is 0 Å². The van der Waals surface area contributed by atoms with Gasteiger partial charge in [0.15, 0.2) is 5.78 Å². The molecule has 0 aliphatic carbocycles. The van der Waals surface area contributed by atoms with Gasteiger partial charge < -0.3 is 9.47 Å². The zero-order chi connectivity index (χ0) is 23.5. The molecular formula is C30H33N3O. The van der Waals surface area contributed by atoms with Crippen LogP contribution >= 0.6 is 0 Å². The fourth-order valence-corrected chi connectivity index (χ4v) is 5.04. The summed E-state index contributed by atoms with van der Waals surface area (Å²) < 4.78 is 2.34. The number of piperidine rings is 1. The topological polar surface area (TPSA) is 38.1 Å². The lowest BCUT2D eigenvalue weighted by Gasteiger charge is -2.31. The largest absolute Gasteiger partial charge is 0.371 e. The fourth-order valence-electron chi connectivity index (χ4n) is 5.04. The number of rotatable bonds is 7. The van der Waals surface area contributed by atoms with E-state index < -0.39 is 0 Å². The van der Waals surface area contributed by atoms with Gasteiger partial charge in [0, 0.05) is 30.8 Å². The summed E-state index contributed by atoms with van der Waals surface area (Å²) in [6, 6.07) is 23.6. The normalized spacial score (nSPS) is 14.0. The van der Waals surface area contributed by atoms with E-state index in [0.29, 0.717) is 5.56 Å². The van der Waals surface area contributed by atoms with E-state index in [9.17, 15) is 4.79 Å². The highest BCUT2D eigenvalue weighted by Crippen LogP contribution is 2.28. The molecule has 0 radical (unpaired) electrons. The number of aryl methyl sites for hydroxylation is 1. The first-order chi connectivity index (χ1) is 16.6. The van der Waals surface area contributed by atoms with E-state index in [4.69, 9.17) is 4.98 Å². The molecule has 0 atom stereocenters. The standard InChI is InChI=1S/C30H33N3O/c1-3-23-11-13-24(14-12-23)19-30-31-27-20-25(22(2)34)15-16-29(27)33(30)21-26-9-5-6-10-28(26)32-17-7-4-8-18-32/h5-6,9-16,20H,3-4,7-8,17-19,21H2,1-2H3. The number of hydrogen-bond donors (Lipinski definition) is 0. The van der Waals surface area contributed by atoms with E-state index in [2.05, 4.69) is 71.0 Å². The zero-order valence-corrected chi connectivity index (χ0v) is 20.3. The van der Waals surface area contributed by atoms with Gasteiger partial charge in [0.25, 0.3) is 0 Å². The van der Waals surface area contributed by atoms with Gasteiger partial charge in [-0.25, -0.2) is 4.98 Å². The second-order valence-electron chi connectivity index (χ2n) is 9.40. The Morgan fingerprint density at radius 2 is 1.65 bits per heavy atom. The summed E-state index contributed by atoms with van der Waals surface area (Å²) >= 11 is 0. The third-order valence-electron chi connectivity index (χ3n) is 7.04. The smallest absolute Gasteiger partial charge is 0.159 e. The molecule has 4 heteroatoms. The molecule has 1 fully saturated rings. The summed E-state index contributed by atoms with van der Waals surface area (Å²) in [6.07, 6.45) is 5.65. The summed E-state index contributed by atoms with van der Waals surface area (Å²) in [5.41, 5.74) is 7.94. The van der Waals surface area contributed by atoms with Crippen molar-refractivity contribution in [2.75, 3.05) is 18.0 Å². The Labute approximate surface area is 202 Å². The van der Waals surface area contributed by atoms with Crippen LogP contribution in [-0.2, 0) is 19.4 Å². The van der Waals surface area contributed by atoms with E-state index in [0.717, 1.165) is 49.3 Å². The van der Waals surface area contributed by atoms with Crippen molar-refractivity contribution in [3.63, 3.8) is 0 Å². The van der Waals surface area contributed by atoms with E-state index in [-0.39, 0.29) is 5.78 Å². The van der Waals surface area contributed by atoms with E-state index in [1.807, 2.05) is 12.1 Å². The van der Waals surface area contributed by atoms with E-state index >= 15 is 0 Å². The van der Waals surface area contributed by atoms with Crippen LogP contribution in [0.2, 0.25) is 0 Å². The molecule has 4 aromatic rings. The molecule has 2 heterocycles. The number of benzene rings is 3. The van der Waals surface area contributed by atoms with Crippen molar-refractivity contribution in [1.29, 1.82) is 0 Å². The molecule has 0 amide bonds. The van der Waals surface area contributed by atoms with E-state index in [1.165, 1.54) is 41.6 Å². The van der Waals surface area contributed by atoms with Crippen molar-refractivity contribution < 1.29 is 4.79 Å². The van der Waals surface area contributed by atoms with Gasteiger partial charge in [0.05, 0.1) is 17.6 Å². The third kappa shape index (κ3) is 4.63. The Morgan fingerprint density at radius 3 is 2.38 bits per heavy atom. The monoisotopic (exact) mass is 451 g/mol. The minimum Gasteiger partial charge on any atom is -0.371 e. The molecule has 0 unspecified atom stereocenters. The van der Waals surface area contributed by atoms with Gasteiger partial charge in [-0.1, -0.05) is 49.4 Å². The van der Waals surface area contributed by atoms with Crippen molar-refractivity contribution in [2.24, 2.45) is 0 Å². The molecule has 0 bridgehead atoms. The highest BCUT2D eigenvalue weighted by molar-refractivity contribution is 5.97. The SMILES string of the molecule is CCc1ccc(Cc2nc3cc(C(C)=O)ccc3n2Cc2ccccc2N2CCCCC2)cc1. The molecule has 1 saturated heterocycles. The summed E-state index contributed by atoms with van der Waals surface area (Å²) in [7, 11) is 0. The molecule has 5 rings (SSSR count). The Kier molecular flexibility index (Phi) is 6.48. The number of fused-ring (bicyclic) bond motifs is 1. The summed E-state index contributed by atoms with van der Waals surface area (Å²) in [5, 5.41) is 0. The Morgan fingerprint density at radius 1 is 0.912 bits per heavy atom. The molecule has 0 N–H and O–H groups in total. The highest BCUT2D eigenvalue weighted by atomic mass is 16.1. The first-order valence-electron chi connectivity index (χ1n) is 12.5. The van der Waals surface area contributed by atoms with Crippen molar-refractivity contribution in [3.8, 4) is 0 Å². The summed E-state index contributed by atoms with van der Waals surface area (Å²) in [6.45, 7) is 6.82. The van der Waals surface area contributed by atoms with Crippen LogP contribution in [0.15, 0.2) is 66.7 Å². The van der Waals surface area contributed by atoms with Gasteiger partial charge in [0.1, 0.15) is 5.82 Å². The van der Waals surface area contributed by atoms with Crippen LogP contribution in [-0.4, -0.2) is 28.4 Å². The highest BCUT2D eigenvalue weighted by Gasteiger charge is 2.18. The number of imidazole rings is 1. The van der Waals surface area contributed by atoms with Crippen molar-refractivity contribution in [1.82, 2.24) is 9.55 Å². The molecular weight excluding hydrogens is 418 g/mol. The van der Waals surface area contributed by atoms with Crippen LogP contribution in [0.3, 0.4) is 0 Å². The number of para-hydroxylation sites is 1. The number of anilines is 1. The summed E-state index contributed by atoms with van der Waals surface area (Å²) in [4.78, 5) is 19.6. The summed E-state index contributed by atoms with van der Waals surface area (Å²) in [5.74, 6) is 1.11. The van der Waals surface area contributed by atoms with Crippen LogP contribution < -0.4 is 4.90 Å². The number of nitrogens with zero attached hydrogens (tertiary/aromatic N) is 3. The maximum absolute atomic E-state index is 12.0. The minimum atomic E-state index is 0.0728. The molecule has 0 spiro atoms. The Hall–Kier alpha value is -3.40. The number of hydrogen-bond acceptors (Lipinski definition) is 3. The lowest BCUT2D eigenvalue weighted by Crippen LogP contribution is -2.30. The van der Waals surface area contributed by atoms with Gasteiger partial charge in [-0.3, -0.25) is 4.79 Å². The maximum Gasteiger partial charge on any atom is 0.159 e. The lowest BCUT2D eigenvalue weighted by molar-refractivity contribution is 0.101. The van der Waals surface area contributed by atoms with Crippen LogP contribution in [0.5, 0.6) is 0 Å². The van der Waals surface area contributed by atoms with Crippen LogP contribution in [0.25, 0.3) is 11.0 Å². The Balaban J connectivity index is 1.56. The van der Waals surface area contributed by atoms with Gasteiger partial charge in [-0.05, 0) is 73.6 Å². The molecule has 0 saturated carbocycles. The number of carbonyl (C=O) groups excluding carboxylic acids is 1. The average molecular weight is 452 g/mol. The quantitative estimate of drug-likeness (QED) is 0.304. The van der Waals surface area contributed by atoms with Gasteiger partial charge in [-0.15, -0.1) is 0 Å². The molecule has 34 heavy (non-hydrogen) atoms. The number of aromatic nitrogens is 2. The molecule has 1 aromatic heterocycles. The average Bonchev–Trinajstić information content (AvgIpc) is 3.21. The second-order valence-corrected chi connectivity index (χ2v) is 9.40. The number of Topliss-reactive ketones (excluding diaryl/α,β-unsaturated/α-hetero) is 1. The molecule has 1 aliphatic rings. The van der Waals surface area contributed by atoms with Gasteiger partial charge in [0.2, 0.25) is 0 Å². The molecule has 3 aromatic carbocycles. The number of carbonyl (C=O) groups is 1. The first-order valence-corrected chi connectivity index (χ1v) is 12.5. The maximum atomic E-state index is 12.0. The van der Waals surface area contributed by atoms with Crippen molar-refractivity contribution in [3.05, 3.63) is 94.8 Å². The van der Waals surface area contributed by atoms with E-state index in [1.54, 1.807) is 6.92 Å². The number of ketones is 1. The predicted octanol–water partition coefficient (Wildman–Crippen LogP) is 6.43. The first kappa shape index (κ1) is 22.4. The lowest BCUT2D eigenvalue weighted by atomic mass is 10.1. The van der Waals surface area contributed by atoms with Crippen LogP contribution in [0, 0.1) is 0 Å². The second kappa shape index (κ2) is 9.84. The minimum absolute atomic E-state index is 0.0728. The van der Waals surface area contributed by atoms with Gasteiger partial charge >= 0.3 is 0 Å². The molecule has 4 nitrogen and oxygen atoms in total. The molecule has 174 valence electrons. The van der Waals surface area contributed by atoms with Crippen molar-refractivity contribution >= 4 is 22.5 Å². The zero-order valence-electron chi connectivity index (χ0n) is 20.3. The van der Waals surface area contributed by atoms with Crippen LogP contribution in [0.1, 0.15) is 66.0 Å². The predicted molar refractivity (Wildman–Crippen MR) is 140 cm³/mol. The van der Waals surface area contributed by atoms with Crippen LogP contribution in [0.4, 0.5) is 5.69 Å². The van der Waals surface area contributed by atoms with Crippen molar-refractivity contribution in [2.45, 2.75) is 52.5 Å².